The van der Waals surface area contributed by atoms with Gasteiger partial charge >= 0.3 is 0 Å². The molecule has 0 aromatic heterocycles. The van der Waals surface area contributed by atoms with Gasteiger partial charge in [-0.3, -0.25) is 0 Å². The third kappa shape index (κ3) is 1.34. The van der Waals surface area contributed by atoms with Gasteiger partial charge in [-0.05, 0) is 18.2 Å². The summed E-state index contributed by atoms with van der Waals surface area (Å²) in [6, 6.07) is 9.77. The standard InChI is InChI=1S/C18H18N4O4/c1-15(12-8-11(23-2)4-5-13(12)24-3)16(9-19)14(21)22-18(17(15,16)10-20)25-6-7-26-18/h4-5,8H,6-7H2,1-3H3,(H2,21,22)/t15-,16+,17-/m1/s1. The number of aliphatic imine (C=N–C) groups is 1. The van der Waals surface area contributed by atoms with Gasteiger partial charge in [0.25, 0.3) is 5.91 Å². The molecule has 0 unspecified atom stereocenters. The molecule has 4 rings (SSSR count). The van der Waals surface area contributed by atoms with Gasteiger partial charge < -0.3 is 24.7 Å². The lowest BCUT2D eigenvalue weighted by Crippen LogP contribution is -2.42. The summed E-state index contributed by atoms with van der Waals surface area (Å²) in [5, 5.41) is 20.4. The highest BCUT2D eigenvalue weighted by molar-refractivity contribution is 6.02. The van der Waals surface area contributed by atoms with Crippen molar-refractivity contribution in [2.24, 2.45) is 21.6 Å². The highest BCUT2D eigenvalue weighted by atomic mass is 16.8. The van der Waals surface area contributed by atoms with E-state index >= 15 is 0 Å². The molecule has 2 heterocycles. The predicted molar refractivity (Wildman–Crippen MR) is 89.2 cm³/mol. The number of fused-ring (bicyclic) bond motifs is 2. The monoisotopic (exact) mass is 354 g/mol. The van der Waals surface area contributed by atoms with E-state index in [1.165, 1.54) is 7.11 Å². The molecule has 8 nitrogen and oxygen atoms in total. The largest absolute Gasteiger partial charge is 0.497 e. The zero-order valence-corrected chi connectivity index (χ0v) is 14.7. The minimum atomic E-state index is -1.59. The fraction of sp³-hybridized carbons (Fsp3) is 0.500. The molecular weight excluding hydrogens is 336 g/mol. The minimum Gasteiger partial charge on any atom is -0.497 e. The van der Waals surface area contributed by atoms with E-state index in [-0.39, 0.29) is 19.0 Å². The quantitative estimate of drug-likeness (QED) is 0.861. The van der Waals surface area contributed by atoms with Crippen molar-refractivity contribution in [1.29, 1.82) is 10.5 Å². The highest BCUT2D eigenvalue weighted by Gasteiger charge is 3.00. The average molecular weight is 354 g/mol. The molecular formula is C18H18N4O4. The van der Waals surface area contributed by atoms with Crippen LogP contribution in [0.15, 0.2) is 23.2 Å². The van der Waals surface area contributed by atoms with E-state index < -0.39 is 22.2 Å². The molecule has 2 N–H and O–H groups in total. The number of nitrogens with zero attached hydrogens (tertiary/aromatic N) is 3. The van der Waals surface area contributed by atoms with Crippen molar-refractivity contribution in [3.8, 4) is 23.6 Å². The van der Waals surface area contributed by atoms with Crippen LogP contribution in [0.4, 0.5) is 0 Å². The molecule has 2 fully saturated rings. The van der Waals surface area contributed by atoms with E-state index in [0.29, 0.717) is 17.1 Å². The summed E-state index contributed by atoms with van der Waals surface area (Å²) in [5.41, 5.74) is 2.95. The summed E-state index contributed by atoms with van der Waals surface area (Å²) < 4.78 is 22.4. The number of hydrogen-bond donors (Lipinski definition) is 1. The molecule has 26 heavy (non-hydrogen) atoms. The van der Waals surface area contributed by atoms with Crippen molar-refractivity contribution in [2.45, 2.75) is 18.2 Å². The summed E-state index contributed by atoms with van der Waals surface area (Å²) in [7, 11) is 3.07. The second-order valence-electron chi connectivity index (χ2n) is 6.69. The van der Waals surface area contributed by atoms with E-state index in [0.717, 1.165) is 0 Å². The van der Waals surface area contributed by atoms with Gasteiger partial charge in [-0.25, -0.2) is 4.99 Å². The van der Waals surface area contributed by atoms with Crippen molar-refractivity contribution in [3.05, 3.63) is 23.8 Å². The predicted octanol–water partition coefficient (Wildman–Crippen LogP) is 1.07. The summed E-state index contributed by atoms with van der Waals surface area (Å²) in [5.74, 6) is -0.459. The van der Waals surface area contributed by atoms with Gasteiger partial charge in [0.05, 0.1) is 45.0 Å². The number of nitrogens with two attached hydrogens (primary N) is 1. The number of rotatable bonds is 3. The number of nitriles is 2. The molecule has 2 aliphatic heterocycles. The minimum absolute atomic E-state index is 0.0378. The van der Waals surface area contributed by atoms with Gasteiger partial charge in [0, 0.05) is 5.56 Å². The van der Waals surface area contributed by atoms with Crippen molar-refractivity contribution < 1.29 is 18.9 Å². The molecule has 1 saturated carbocycles. The molecule has 3 atom stereocenters. The molecule has 0 bridgehead atoms. The molecule has 0 radical (unpaired) electrons. The van der Waals surface area contributed by atoms with E-state index in [1.54, 1.807) is 32.2 Å². The van der Waals surface area contributed by atoms with Gasteiger partial charge in [0.2, 0.25) is 0 Å². The van der Waals surface area contributed by atoms with Crippen molar-refractivity contribution in [2.75, 3.05) is 27.4 Å². The Morgan fingerprint density at radius 1 is 1.15 bits per heavy atom. The number of ether oxygens (including phenoxy) is 4. The van der Waals surface area contributed by atoms with Crippen LogP contribution in [0.3, 0.4) is 0 Å². The van der Waals surface area contributed by atoms with Gasteiger partial charge in [0.1, 0.15) is 17.3 Å². The van der Waals surface area contributed by atoms with Crippen LogP contribution in [0, 0.1) is 33.5 Å². The van der Waals surface area contributed by atoms with Crippen LogP contribution in [0.1, 0.15) is 12.5 Å². The summed E-state index contributed by atoms with van der Waals surface area (Å²) in [6.45, 7) is 2.34. The smallest absolute Gasteiger partial charge is 0.293 e. The van der Waals surface area contributed by atoms with Crippen molar-refractivity contribution in [3.63, 3.8) is 0 Å². The van der Waals surface area contributed by atoms with Crippen LogP contribution in [0.25, 0.3) is 0 Å². The molecule has 1 aliphatic carbocycles. The first-order valence-electron chi connectivity index (χ1n) is 8.13. The van der Waals surface area contributed by atoms with Gasteiger partial charge in [0.15, 0.2) is 10.8 Å². The molecule has 0 amide bonds. The normalized spacial score (nSPS) is 36.0. The highest BCUT2D eigenvalue weighted by Crippen LogP contribution is 2.86. The Bertz CT molecular complexity index is 911. The zero-order valence-electron chi connectivity index (χ0n) is 14.7. The second-order valence-corrected chi connectivity index (χ2v) is 6.69. The molecule has 134 valence electrons. The Morgan fingerprint density at radius 2 is 1.85 bits per heavy atom. The fourth-order valence-electron chi connectivity index (χ4n) is 4.86. The first kappa shape index (κ1) is 16.6. The third-order valence-electron chi connectivity index (χ3n) is 6.09. The number of methoxy groups -OCH3 is 2. The summed E-state index contributed by atoms with van der Waals surface area (Å²) in [6.07, 6.45) is 0. The van der Waals surface area contributed by atoms with E-state index in [1.807, 2.05) is 0 Å². The maximum Gasteiger partial charge on any atom is 0.293 e. The molecule has 1 aromatic rings. The average Bonchev–Trinajstić information content (AvgIpc) is 2.94. The molecule has 1 saturated heterocycles. The first-order valence-corrected chi connectivity index (χ1v) is 8.13. The molecule has 8 heteroatoms. The zero-order chi connectivity index (χ0) is 18.8. The topological polar surface area (TPSA) is 123 Å². The maximum atomic E-state index is 10.2. The number of benzene rings is 1. The lowest BCUT2D eigenvalue weighted by molar-refractivity contribution is -0.187. The lowest BCUT2D eigenvalue weighted by atomic mass is 9.84. The fourth-order valence-corrected chi connectivity index (χ4v) is 4.86. The van der Waals surface area contributed by atoms with Gasteiger partial charge in [-0.2, -0.15) is 10.5 Å². The lowest BCUT2D eigenvalue weighted by Gasteiger charge is -2.30. The van der Waals surface area contributed by atoms with Gasteiger partial charge in [-0.1, -0.05) is 6.92 Å². The Hall–Kier alpha value is -2.81. The second kappa shape index (κ2) is 4.88. The number of hydrogen-bond acceptors (Lipinski definition) is 8. The Kier molecular flexibility index (Phi) is 3.12. The number of amidine groups is 1. The Morgan fingerprint density at radius 3 is 2.38 bits per heavy atom. The van der Waals surface area contributed by atoms with Crippen LogP contribution >= 0.6 is 0 Å². The van der Waals surface area contributed by atoms with E-state index in [9.17, 15) is 10.5 Å². The summed E-state index contributed by atoms with van der Waals surface area (Å²) >= 11 is 0. The van der Waals surface area contributed by atoms with Crippen molar-refractivity contribution in [1.82, 2.24) is 0 Å². The Balaban J connectivity index is 2.03. The summed E-state index contributed by atoms with van der Waals surface area (Å²) in [4.78, 5) is 4.29. The first-order chi connectivity index (χ1) is 12.4. The maximum absolute atomic E-state index is 10.2. The van der Waals surface area contributed by atoms with Crippen molar-refractivity contribution >= 4 is 5.84 Å². The van der Waals surface area contributed by atoms with Crippen LogP contribution in [0.2, 0.25) is 0 Å². The SMILES string of the molecule is COc1ccc(OC)c([C@]2(C)[C@]3(C#N)C(N)=NC4(OCCO4)[C@@]32C#N)c1. The third-order valence-corrected chi connectivity index (χ3v) is 6.09. The molecule has 3 aliphatic rings. The van der Waals surface area contributed by atoms with E-state index in [2.05, 4.69) is 17.1 Å². The van der Waals surface area contributed by atoms with Crippen LogP contribution in [-0.2, 0) is 14.9 Å². The Labute approximate surface area is 150 Å². The van der Waals surface area contributed by atoms with Crippen LogP contribution in [-0.4, -0.2) is 39.2 Å². The van der Waals surface area contributed by atoms with Crippen LogP contribution in [0.5, 0.6) is 11.5 Å². The van der Waals surface area contributed by atoms with Gasteiger partial charge in [-0.15, -0.1) is 0 Å². The molecule has 1 aromatic carbocycles. The van der Waals surface area contributed by atoms with Crippen LogP contribution < -0.4 is 15.2 Å². The van der Waals surface area contributed by atoms with E-state index in [4.69, 9.17) is 24.7 Å². The molecule has 1 spiro atoms.